The molecule has 1 amide bonds. The lowest BCUT2D eigenvalue weighted by atomic mass is 9.91. The minimum Gasteiger partial charge on any atom is -0.396 e. The van der Waals surface area contributed by atoms with Crippen LogP contribution in [0.1, 0.15) is 44.9 Å². The van der Waals surface area contributed by atoms with Crippen molar-refractivity contribution in [3.8, 4) is 0 Å². The number of carbonyl (C=O) groups is 1. The summed E-state index contributed by atoms with van der Waals surface area (Å²) < 4.78 is 2.08. The van der Waals surface area contributed by atoms with Crippen LogP contribution in [0.4, 0.5) is 0 Å². The Balaban J connectivity index is 1.59. The Labute approximate surface area is 126 Å². The highest BCUT2D eigenvalue weighted by Gasteiger charge is 2.42. The molecule has 0 aliphatic carbocycles. The first-order chi connectivity index (χ1) is 10.2. The highest BCUT2D eigenvalue weighted by Crippen LogP contribution is 2.38. The summed E-state index contributed by atoms with van der Waals surface area (Å²) in [7, 11) is 0. The molecule has 116 valence electrons. The van der Waals surface area contributed by atoms with Crippen molar-refractivity contribution < 1.29 is 9.90 Å². The number of carbonyl (C=O) groups excluding carboxylic acids is 1. The maximum absolute atomic E-state index is 12.6. The summed E-state index contributed by atoms with van der Waals surface area (Å²) in [5, 5.41) is 9.35. The molecule has 0 radical (unpaired) electrons. The van der Waals surface area contributed by atoms with Gasteiger partial charge in [0.1, 0.15) is 5.82 Å². The number of amides is 1. The van der Waals surface area contributed by atoms with Crippen molar-refractivity contribution in [1.29, 1.82) is 0 Å². The average molecular weight is 291 g/mol. The number of aliphatic hydroxyl groups is 1. The molecule has 0 aromatic carbocycles. The molecule has 1 N–H and O–H groups in total. The second-order valence-electron chi connectivity index (χ2n) is 6.35. The van der Waals surface area contributed by atoms with E-state index in [4.69, 9.17) is 0 Å². The van der Waals surface area contributed by atoms with Crippen molar-refractivity contribution in [3.63, 3.8) is 0 Å². The van der Waals surface area contributed by atoms with Crippen molar-refractivity contribution in [2.24, 2.45) is 5.92 Å². The lowest BCUT2D eigenvalue weighted by Gasteiger charge is -2.38. The third kappa shape index (κ3) is 2.84. The van der Waals surface area contributed by atoms with Crippen LogP contribution in [0.15, 0.2) is 12.4 Å². The maximum atomic E-state index is 12.6. The number of nitrogens with zero attached hydrogens (tertiary/aromatic N) is 3. The Morgan fingerprint density at radius 3 is 2.71 bits per heavy atom. The highest BCUT2D eigenvalue weighted by molar-refractivity contribution is 5.77. The smallest absolute Gasteiger partial charge is 0.224 e. The van der Waals surface area contributed by atoms with Crippen molar-refractivity contribution in [2.45, 2.75) is 64.1 Å². The largest absolute Gasteiger partial charge is 0.396 e. The van der Waals surface area contributed by atoms with Crippen LogP contribution in [0.25, 0.3) is 0 Å². The number of rotatable bonds is 5. The van der Waals surface area contributed by atoms with Crippen LogP contribution in [0, 0.1) is 5.92 Å². The van der Waals surface area contributed by atoms with Crippen molar-refractivity contribution >= 4 is 5.91 Å². The first-order valence-electron chi connectivity index (χ1n) is 8.15. The van der Waals surface area contributed by atoms with Gasteiger partial charge in [-0.1, -0.05) is 6.92 Å². The van der Waals surface area contributed by atoms with Crippen LogP contribution in [0.5, 0.6) is 0 Å². The van der Waals surface area contributed by atoms with Crippen LogP contribution in [-0.2, 0) is 17.8 Å². The van der Waals surface area contributed by atoms with Gasteiger partial charge in [-0.15, -0.1) is 0 Å². The minimum absolute atomic E-state index is 0.268. The molecule has 3 heterocycles. The molecule has 1 aromatic rings. The zero-order valence-corrected chi connectivity index (χ0v) is 12.7. The fraction of sp³-hybridized carbons (Fsp3) is 0.750. The van der Waals surface area contributed by atoms with E-state index < -0.39 is 0 Å². The van der Waals surface area contributed by atoms with Gasteiger partial charge in [0.15, 0.2) is 0 Å². The Bertz CT molecular complexity index is 485. The SMILES string of the molecule is CCc1nccn1CCC(=O)N1[C@@H]2CC[C@H]1CC(CO)C2. The highest BCUT2D eigenvalue weighted by atomic mass is 16.3. The fourth-order valence-corrected chi connectivity index (χ4v) is 4.05. The summed E-state index contributed by atoms with van der Waals surface area (Å²) >= 11 is 0. The molecule has 3 rings (SSSR count). The van der Waals surface area contributed by atoms with E-state index in [9.17, 15) is 9.90 Å². The summed E-state index contributed by atoms with van der Waals surface area (Å²) in [6.45, 7) is 3.08. The molecule has 5 heteroatoms. The first-order valence-corrected chi connectivity index (χ1v) is 8.15. The molecular weight excluding hydrogens is 266 g/mol. The van der Waals surface area contributed by atoms with Crippen LogP contribution >= 0.6 is 0 Å². The summed E-state index contributed by atoms with van der Waals surface area (Å²) in [6, 6.07) is 0.726. The molecule has 2 aliphatic heterocycles. The van der Waals surface area contributed by atoms with E-state index in [1.165, 1.54) is 0 Å². The van der Waals surface area contributed by atoms with Gasteiger partial charge in [0, 0.05) is 50.5 Å². The Morgan fingerprint density at radius 1 is 1.38 bits per heavy atom. The molecule has 2 saturated heterocycles. The minimum atomic E-state index is 0.268. The fourth-order valence-electron chi connectivity index (χ4n) is 4.05. The van der Waals surface area contributed by atoms with Gasteiger partial charge in [-0.3, -0.25) is 4.79 Å². The lowest BCUT2D eigenvalue weighted by molar-refractivity contribution is -0.137. The van der Waals surface area contributed by atoms with E-state index in [0.29, 0.717) is 24.4 Å². The third-order valence-electron chi connectivity index (χ3n) is 5.06. The van der Waals surface area contributed by atoms with E-state index in [0.717, 1.165) is 44.5 Å². The molecule has 2 bridgehead atoms. The van der Waals surface area contributed by atoms with E-state index in [2.05, 4.69) is 21.4 Å². The van der Waals surface area contributed by atoms with Crippen LogP contribution < -0.4 is 0 Å². The van der Waals surface area contributed by atoms with Crippen LogP contribution in [-0.4, -0.2) is 44.2 Å². The average Bonchev–Trinajstić information content (AvgIpc) is 3.06. The number of imidazole rings is 1. The second-order valence-corrected chi connectivity index (χ2v) is 6.35. The summed E-state index contributed by atoms with van der Waals surface area (Å²) in [5.41, 5.74) is 0. The Morgan fingerprint density at radius 2 is 2.10 bits per heavy atom. The van der Waals surface area contributed by atoms with Crippen molar-refractivity contribution in [1.82, 2.24) is 14.5 Å². The summed E-state index contributed by atoms with van der Waals surface area (Å²) in [5.74, 6) is 1.71. The number of hydrogen-bond donors (Lipinski definition) is 1. The number of fused-ring (bicyclic) bond motifs is 2. The topological polar surface area (TPSA) is 58.4 Å². The molecule has 2 fully saturated rings. The Hall–Kier alpha value is -1.36. The normalized spacial score (nSPS) is 28.1. The number of hydrogen-bond acceptors (Lipinski definition) is 3. The number of aliphatic hydroxyl groups excluding tert-OH is 1. The quantitative estimate of drug-likeness (QED) is 0.896. The first kappa shape index (κ1) is 14.6. The van der Waals surface area contributed by atoms with E-state index >= 15 is 0 Å². The predicted octanol–water partition coefficient (Wildman–Crippen LogP) is 1.60. The van der Waals surface area contributed by atoms with Crippen molar-refractivity contribution in [2.75, 3.05) is 6.61 Å². The van der Waals surface area contributed by atoms with Gasteiger partial charge in [-0.2, -0.15) is 0 Å². The lowest BCUT2D eigenvalue weighted by Crippen LogP contribution is -2.47. The van der Waals surface area contributed by atoms with E-state index in [1.54, 1.807) is 6.20 Å². The zero-order chi connectivity index (χ0) is 14.8. The number of piperidine rings is 1. The maximum Gasteiger partial charge on any atom is 0.224 e. The molecule has 1 unspecified atom stereocenters. The molecule has 3 atom stereocenters. The zero-order valence-electron chi connectivity index (χ0n) is 12.7. The van der Waals surface area contributed by atoms with Crippen LogP contribution in [0.2, 0.25) is 0 Å². The van der Waals surface area contributed by atoms with Gasteiger partial charge in [0.05, 0.1) is 0 Å². The van der Waals surface area contributed by atoms with Gasteiger partial charge in [0.25, 0.3) is 0 Å². The van der Waals surface area contributed by atoms with E-state index in [1.807, 2.05) is 6.20 Å². The van der Waals surface area contributed by atoms with Gasteiger partial charge in [0.2, 0.25) is 5.91 Å². The van der Waals surface area contributed by atoms with Gasteiger partial charge < -0.3 is 14.6 Å². The molecule has 0 saturated carbocycles. The monoisotopic (exact) mass is 291 g/mol. The molecule has 0 spiro atoms. The number of aryl methyl sites for hydroxylation is 2. The Kier molecular flexibility index (Phi) is 4.29. The van der Waals surface area contributed by atoms with Gasteiger partial charge in [-0.05, 0) is 31.6 Å². The van der Waals surface area contributed by atoms with Crippen LogP contribution in [0.3, 0.4) is 0 Å². The molecule has 2 aliphatic rings. The van der Waals surface area contributed by atoms with E-state index in [-0.39, 0.29) is 12.5 Å². The molecule has 21 heavy (non-hydrogen) atoms. The molecular formula is C16H25N3O2. The predicted molar refractivity (Wildman–Crippen MR) is 79.7 cm³/mol. The number of aromatic nitrogens is 2. The van der Waals surface area contributed by atoms with Gasteiger partial charge >= 0.3 is 0 Å². The molecule has 5 nitrogen and oxygen atoms in total. The third-order valence-corrected chi connectivity index (χ3v) is 5.06. The second kappa shape index (κ2) is 6.18. The molecule has 1 aromatic heterocycles. The summed E-state index contributed by atoms with van der Waals surface area (Å²) in [6.07, 6.45) is 9.39. The summed E-state index contributed by atoms with van der Waals surface area (Å²) in [4.78, 5) is 19.0. The van der Waals surface area contributed by atoms with Gasteiger partial charge in [-0.25, -0.2) is 4.98 Å². The van der Waals surface area contributed by atoms with Crippen molar-refractivity contribution in [3.05, 3.63) is 18.2 Å². The standard InChI is InChI=1S/C16H25N3O2/c1-2-15-17-6-8-18(15)7-5-16(21)19-13-3-4-14(19)10-12(9-13)11-20/h6,8,12-14,20H,2-5,7,9-11H2,1H3/t12?,13-,14+.